The molecule has 0 aliphatic rings. The summed E-state index contributed by atoms with van der Waals surface area (Å²) in [4.78, 5) is 11.4. The molecule has 0 unspecified atom stereocenters. The predicted molar refractivity (Wildman–Crippen MR) is 88.1 cm³/mol. The van der Waals surface area contributed by atoms with Gasteiger partial charge in [0.15, 0.2) is 0 Å². The van der Waals surface area contributed by atoms with Gasteiger partial charge >= 0.3 is 5.97 Å². The van der Waals surface area contributed by atoms with Gasteiger partial charge in [-0.25, -0.2) is 17.9 Å². The van der Waals surface area contributed by atoms with Crippen molar-refractivity contribution in [2.45, 2.75) is 11.3 Å². The molecule has 0 atom stereocenters. The van der Waals surface area contributed by atoms with Gasteiger partial charge in [-0.3, -0.25) is 0 Å². The molecule has 0 aliphatic heterocycles. The number of esters is 1. The van der Waals surface area contributed by atoms with Crippen LogP contribution in [-0.4, -0.2) is 28.0 Å². The Labute approximate surface area is 140 Å². The maximum absolute atomic E-state index is 12.2. The quantitative estimate of drug-likeness (QED) is 0.810. The van der Waals surface area contributed by atoms with Crippen molar-refractivity contribution in [1.82, 2.24) is 4.72 Å². The fourth-order valence-corrected chi connectivity index (χ4v) is 3.54. The number of hydrogen-bond acceptors (Lipinski definition) is 4. The third-order valence-electron chi connectivity index (χ3n) is 3.21. The zero-order valence-electron chi connectivity index (χ0n) is 12.5. The topological polar surface area (TPSA) is 72.5 Å². The van der Waals surface area contributed by atoms with Crippen LogP contribution in [-0.2, 0) is 21.2 Å². The van der Waals surface area contributed by atoms with Crippen LogP contribution in [0.15, 0.2) is 53.4 Å². The summed E-state index contributed by atoms with van der Waals surface area (Å²) < 4.78 is 31.5. The molecule has 0 radical (unpaired) electrons. The average molecular weight is 354 g/mol. The highest BCUT2D eigenvalue weighted by Gasteiger charge is 2.16. The number of nitrogens with one attached hydrogen (secondary N) is 1. The van der Waals surface area contributed by atoms with Gasteiger partial charge < -0.3 is 4.74 Å². The number of ether oxygens (including phenoxy) is 1. The van der Waals surface area contributed by atoms with Crippen molar-refractivity contribution in [1.29, 1.82) is 0 Å². The smallest absolute Gasteiger partial charge is 0.337 e. The Hall–Kier alpha value is -1.89. The van der Waals surface area contributed by atoms with Gasteiger partial charge in [0.25, 0.3) is 0 Å². The number of carbonyl (C=O) groups excluding carboxylic acids is 1. The Kier molecular flexibility index (Phi) is 5.76. The van der Waals surface area contributed by atoms with Crippen LogP contribution in [0.5, 0.6) is 0 Å². The molecule has 7 heteroatoms. The van der Waals surface area contributed by atoms with Crippen molar-refractivity contribution < 1.29 is 17.9 Å². The molecule has 23 heavy (non-hydrogen) atoms. The summed E-state index contributed by atoms with van der Waals surface area (Å²) in [5.41, 5.74) is 1.35. The van der Waals surface area contributed by atoms with Crippen LogP contribution < -0.4 is 4.72 Å². The third kappa shape index (κ3) is 4.54. The maximum Gasteiger partial charge on any atom is 0.337 e. The lowest BCUT2D eigenvalue weighted by Crippen LogP contribution is -2.26. The first kappa shape index (κ1) is 17.5. The molecule has 0 fully saturated rings. The van der Waals surface area contributed by atoms with E-state index in [2.05, 4.69) is 9.46 Å². The molecule has 5 nitrogen and oxygen atoms in total. The van der Waals surface area contributed by atoms with Gasteiger partial charge in [0.1, 0.15) is 4.90 Å². The van der Waals surface area contributed by atoms with E-state index in [-0.39, 0.29) is 16.5 Å². The van der Waals surface area contributed by atoms with Crippen LogP contribution in [0.3, 0.4) is 0 Å². The van der Waals surface area contributed by atoms with Crippen LogP contribution in [0.1, 0.15) is 15.9 Å². The zero-order valence-corrected chi connectivity index (χ0v) is 14.0. The molecular weight excluding hydrogens is 338 g/mol. The SMILES string of the molecule is COC(=O)c1ccc(CCNS(=O)(=O)c2ccccc2Cl)cc1. The van der Waals surface area contributed by atoms with Crippen molar-refractivity contribution >= 4 is 27.6 Å². The number of carbonyl (C=O) groups is 1. The molecule has 1 N–H and O–H groups in total. The Morgan fingerprint density at radius 1 is 1.13 bits per heavy atom. The Morgan fingerprint density at radius 3 is 2.39 bits per heavy atom. The fraction of sp³-hybridized carbons (Fsp3) is 0.188. The van der Waals surface area contributed by atoms with Gasteiger partial charge in [-0.05, 0) is 36.2 Å². The van der Waals surface area contributed by atoms with E-state index in [1.807, 2.05) is 0 Å². The first-order valence-corrected chi connectivity index (χ1v) is 8.71. The number of halogens is 1. The minimum absolute atomic E-state index is 0.0581. The van der Waals surface area contributed by atoms with Gasteiger partial charge in [-0.15, -0.1) is 0 Å². The number of sulfonamides is 1. The maximum atomic E-state index is 12.2. The Balaban J connectivity index is 1.97. The summed E-state index contributed by atoms with van der Waals surface area (Å²) in [6.07, 6.45) is 0.491. The molecule has 0 saturated carbocycles. The molecule has 122 valence electrons. The van der Waals surface area contributed by atoms with Crippen molar-refractivity contribution in [3.8, 4) is 0 Å². The van der Waals surface area contributed by atoms with E-state index in [1.165, 1.54) is 19.2 Å². The van der Waals surface area contributed by atoms with E-state index in [0.29, 0.717) is 12.0 Å². The normalized spacial score (nSPS) is 11.2. The summed E-state index contributed by atoms with van der Waals surface area (Å²) in [5.74, 6) is -0.407. The zero-order chi connectivity index (χ0) is 16.9. The number of hydrogen-bond donors (Lipinski definition) is 1. The lowest BCUT2D eigenvalue weighted by Gasteiger charge is -2.08. The van der Waals surface area contributed by atoms with Gasteiger partial charge in [-0.1, -0.05) is 35.9 Å². The fourth-order valence-electron chi connectivity index (χ4n) is 2.00. The highest BCUT2D eigenvalue weighted by molar-refractivity contribution is 7.89. The molecule has 0 heterocycles. The largest absolute Gasteiger partial charge is 0.465 e. The summed E-state index contributed by atoms with van der Waals surface area (Å²) in [7, 11) is -2.32. The summed E-state index contributed by atoms with van der Waals surface area (Å²) in [6, 6.07) is 13.1. The minimum Gasteiger partial charge on any atom is -0.465 e. The van der Waals surface area contributed by atoms with E-state index < -0.39 is 16.0 Å². The molecule has 0 amide bonds. The van der Waals surface area contributed by atoms with Crippen LogP contribution >= 0.6 is 11.6 Å². The molecule has 0 aliphatic carbocycles. The first-order valence-electron chi connectivity index (χ1n) is 6.85. The van der Waals surface area contributed by atoms with Gasteiger partial charge in [0, 0.05) is 6.54 Å². The van der Waals surface area contributed by atoms with Crippen LogP contribution in [0.25, 0.3) is 0 Å². The van der Waals surface area contributed by atoms with E-state index in [1.54, 1.807) is 36.4 Å². The standard InChI is InChI=1S/C16H16ClNO4S/c1-22-16(19)13-8-6-12(7-9-13)10-11-18-23(20,21)15-5-3-2-4-14(15)17/h2-9,18H,10-11H2,1H3. The highest BCUT2D eigenvalue weighted by Crippen LogP contribution is 2.20. The Bertz CT molecular complexity index is 788. The molecular formula is C16H16ClNO4S. The third-order valence-corrected chi connectivity index (χ3v) is 5.17. The second-order valence-corrected chi connectivity index (χ2v) is 6.91. The Morgan fingerprint density at radius 2 is 1.78 bits per heavy atom. The lowest BCUT2D eigenvalue weighted by molar-refractivity contribution is 0.0600. The first-order chi connectivity index (χ1) is 10.9. The highest BCUT2D eigenvalue weighted by atomic mass is 35.5. The van der Waals surface area contributed by atoms with Gasteiger partial charge in [-0.2, -0.15) is 0 Å². The minimum atomic E-state index is -3.64. The molecule has 2 aromatic rings. The van der Waals surface area contributed by atoms with Gasteiger partial charge in [0.2, 0.25) is 10.0 Å². The molecule has 2 aromatic carbocycles. The number of benzene rings is 2. The van der Waals surface area contributed by atoms with E-state index in [9.17, 15) is 13.2 Å². The average Bonchev–Trinajstić information content (AvgIpc) is 2.55. The van der Waals surface area contributed by atoms with Gasteiger partial charge in [0.05, 0.1) is 17.7 Å². The lowest BCUT2D eigenvalue weighted by atomic mass is 10.1. The second-order valence-electron chi connectivity index (χ2n) is 4.77. The van der Waals surface area contributed by atoms with Crippen molar-refractivity contribution in [2.75, 3.05) is 13.7 Å². The molecule has 0 aromatic heterocycles. The van der Waals surface area contributed by atoms with E-state index in [0.717, 1.165) is 5.56 Å². The predicted octanol–water partition coefficient (Wildman–Crippen LogP) is 2.65. The monoisotopic (exact) mass is 353 g/mol. The number of rotatable bonds is 6. The van der Waals surface area contributed by atoms with Crippen molar-refractivity contribution in [3.05, 3.63) is 64.7 Å². The van der Waals surface area contributed by atoms with Crippen LogP contribution in [0.4, 0.5) is 0 Å². The van der Waals surface area contributed by atoms with Crippen molar-refractivity contribution in [2.24, 2.45) is 0 Å². The number of methoxy groups -OCH3 is 1. The summed E-state index contributed by atoms with van der Waals surface area (Å²) >= 11 is 5.90. The molecule has 0 bridgehead atoms. The summed E-state index contributed by atoms with van der Waals surface area (Å²) in [6.45, 7) is 0.227. The van der Waals surface area contributed by atoms with Crippen LogP contribution in [0.2, 0.25) is 5.02 Å². The van der Waals surface area contributed by atoms with E-state index in [4.69, 9.17) is 11.6 Å². The molecule has 0 spiro atoms. The summed E-state index contributed by atoms with van der Waals surface area (Å²) in [5, 5.41) is 0.183. The molecule has 0 saturated heterocycles. The van der Waals surface area contributed by atoms with E-state index >= 15 is 0 Å². The molecule has 2 rings (SSSR count). The van der Waals surface area contributed by atoms with Crippen molar-refractivity contribution in [3.63, 3.8) is 0 Å². The second kappa shape index (κ2) is 7.59. The van der Waals surface area contributed by atoms with Crippen LogP contribution in [0, 0.1) is 0 Å².